The van der Waals surface area contributed by atoms with Crippen LogP contribution in [0, 0.1) is 6.92 Å². The Morgan fingerprint density at radius 2 is 2.29 bits per heavy atom. The molecule has 1 aliphatic rings. The van der Waals surface area contributed by atoms with Gasteiger partial charge in [-0.05, 0) is 24.6 Å². The Labute approximate surface area is 128 Å². The highest BCUT2D eigenvalue weighted by atomic mass is 35.5. The Bertz CT molecular complexity index is 530. The summed E-state index contributed by atoms with van der Waals surface area (Å²) in [5, 5.41) is 8.72. The number of hydrogen-bond acceptors (Lipinski definition) is 4. The van der Waals surface area contributed by atoms with E-state index in [1.165, 1.54) is 0 Å². The molecule has 1 aromatic carbocycles. The van der Waals surface area contributed by atoms with E-state index in [1.54, 1.807) is 12.1 Å². The molecule has 0 bridgehead atoms. The first-order valence-corrected chi connectivity index (χ1v) is 7.10. The third-order valence-electron chi connectivity index (χ3n) is 3.04. The molecule has 0 spiro atoms. The summed E-state index contributed by atoms with van der Waals surface area (Å²) in [7, 11) is 0. The number of halogens is 1. The molecular formula is C14H18ClN3O3. The summed E-state index contributed by atoms with van der Waals surface area (Å²) in [5.74, 6) is -0.634. The number of rotatable bonds is 4. The van der Waals surface area contributed by atoms with Crippen molar-refractivity contribution in [1.29, 1.82) is 0 Å². The van der Waals surface area contributed by atoms with E-state index in [1.807, 2.05) is 13.0 Å². The smallest absolute Gasteiger partial charge is 0.250 e. The first-order chi connectivity index (χ1) is 10.1. The fourth-order valence-electron chi connectivity index (χ4n) is 1.93. The average molecular weight is 312 g/mol. The zero-order valence-corrected chi connectivity index (χ0v) is 12.5. The number of benzene rings is 1. The second kappa shape index (κ2) is 7.40. The number of amides is 2. The lowest BCUT2D eigenvalue weighted by Crippen LogP contribution is -2.49. The number of hydrogen-bond donors (Lipinski definition) is 3. The first-order valence-electron chi connectivity index (χ1n) is 6.72. The quantitative estimate of drug-likeness (QED) is 0.764. The Hall–Kier alpha value is -1.63. The van der Waals surface area contributed by atoms with Gasteiger partial charge in [-0.1, -0.05) is 17.7 Å². The van der Waals surface area contributed by atoms with Crippen LogP contribution in [0.2, 0.25) is 5.02 Å². The van der Waals surface area contributed by atoms with Crippen LogP contribution in [0.15, 0.2) is 18.2 Å². The lowest BCUT2D eigenvalue weighted by molar-refractivity contribution is -0.135. The van der Waals surface area contributed by atoms with E-state index in [2.05, 4.69) is 16.0 Å². The fraction of sp³-hybridized carbons (Fsp3) is 0.429. The maximum Gasteiger partial charge on any atom is 0.250 e. The molecule has 2 amide bonds. The SMILES string of the molecule is Cc1ccc(NC(=O)CNC(=O)C2CNCCO2)c(Cl)c1. The molecule has 1 heterocycles. The summed E-state index contributed by atoms with van der Waals surface area (Å²) in [5.41, 5.74) is 1.53. The fourth-order valence-corrected chi connectivity index (χ4v) is 2.21. The second-order valence-electron chi connectivity index (χ2n) is 4.81. The predicted molar refractivity (Wildman–Crippen MR) is 80.4 cm³/mol. The van der Waals surface area contributed by atoms with E-state index in [0.717, 1.165) is 12.1 Å². The molecule has 21 heavy (non-hydrogen) atoms. The van der Waals surface area contributed by atoms with Crippen molar-refractivity contribution >= 4 is 29.1 Å². The third kappa shape index (κ3) is 4.70. The van der Waals surface area contributed by atoms with E-state index in [-0.39, 0.29) is 18.4 Å². The molecule has 0 aromatic heterocycles. The van der Waals surface area contributed by atoms with Crippen LogP contribution in [0.4, 0.5) is 5.69 Å². The largest absolute Gasteiger partial charge is 0.366 e. The maximum absolute atomic E-state index is 11.8. The van der Waals surface area contributed by atoms with Crippen molar-refractivity contribution in [3.63, 3.8) is 0 Å². The second-order valence-corrected chi connectivity index (χ2v) is 5.22. The summed E-state index contributed by atoms with van der Waals surface area (Å²) in [6, 6.07) is 5.34. The molecule has 0 radical (unpaired) electrons. The zero-order valence-electron chi connectivity index (χ0n) is 11.7. The van der Waals surface area contributed by atoms with Crippen LogP contribution in [0.5, 0.6) is 0 Å². The van der Waals surface area contributed by atoms with Crippen LogP contribution < -0.4 is 16.0 Å². The van der Waals surface area contributed by atoms with E-state index in [4.69, 9.17) is 16.3 Å². The van der Waals surface area contributed by atoms with Gasteiger partial charge >= 0.3 is 0 Å². The van der Waals surface area contributed by atoms with Crippen LogP contribution in [0.25, 0.3) is 0 Å². The van der Waals surface area contributed by atoms with Crippen LogP contribution >= 0.6 is 11.6 Å². The van der Waals surface area contributed by atoms with Gasteiger partial charge in [-0.2, -0.15) is 0 Å². The first kappa shape index (κ1) is 15.8. The van der Waals surface area contributed by atoms with Crippen molar-refractivity contribution < 1.29 is 14.3 Å². The molecule has 1 unspecified atom stereocenters. The molecule has 1 aliphatic heterocycles. The Morgan fingerprint density at radius 3 is 2.95 bits per heavy atom. The highest BCUT2D eigenvalue weighted by Crippen LogP contribution is 2.22. The van der Waals surface area contributed by atoms with Crippen molar-refractivity contribution in [2.24, 2.45) is 0 Å². The molecule has 0 saturated carbocycles. The van der Waals surface area contributed by atoms with E-state index >= 15 is 0 Å². The number of anilines is 1. The lowest BCUT2D eigenvalue weighted by Gasteiger charge is -2.22. The molecule has 1 saturated heterocycles. The summed E-state index contributed by atoms with van der Waals surface area (Å²) in [6.45, 7) is 3.47. The van der Waals surface area contributed by atoms with E-state index in [0.29, 0.717) is 23.9 Å². The van der Waals surface area contributed by atoms with Crippen LogP contribution in [0.3, 0.4) is 0 Å². The van der Waals surface area contributed by atoms with Gasteiger partial charge in [0.25, 0.3) is 5.91 Å². The molecule has 1 atom stereocenters. The van der Waals surface area contributed by atoms with Gasteiger partial charge in [0, 0.05) is 13.1 Å². The van der Waals surface area contributed by atoms with Crippen molar-refractivity contribution in [3.8, 4) is 0 Å². The highest BCUT2D eigenvalue weighted by Gasteiger charge is 2.21. The predicted octanol–water partition coefficient (Wildman–Crippen LogP) is 0.692. The molecule has 114 valence electrons. The van der Waals surface area contributed by atoms with Crippen molar-refractivity contribution in [1.82, 2.24) is 10.6 Å². The third-order valence-corrected chi connectivity index (χ3v) is 3.35. The molecule has 1 aromatic rings. The topological polar surface area (TPSA) is 79.5 Å². The van der Waals surface area contributed by atoms with Gasteiger partial charge in [0.2, 0.25) is 5.91 Å². The average Bonchev–Trinajstić information content (AvgIpc) is 2.48. The number of carbonyl (C=O) groups is 2. The minimum Gasteiger partial charge on any atom is -0.366 e. The Kier molecular flexibility index (Phi) is 5.55. The molecule has 1 fully saturated rings. The van der Waals surface area contributed by atoms with Crippen molar-refractivity contribution in [2.75, 3.05) is 31.6 Å². The van der Waals surface area contributed by atoms with Crippen LogP contribution in [-0.4, -0.2) is 44.2 Å². The zero-order chi connectivity index (χ0) is 15.2. The molecule has 7 heteroatoms. The number of ether oxygens (including phenoxy) is 1. The summed E-state index contributed by atoms with van der Waals surface area (Å²) in [4.78, 5) is 23.6. The molecule has 0 aliphatic carbocycles. The lowest BCUT2D eigenvalue weighted by atomic mass is 10.2. The van der Waals surface area contributed by atoms with E-state index < -0.39 is 6.10 Å². The maximum atomic E-state index is 11.8. The standard InChI is InChI=1S/C14H18ClN3O3/c1-9-2-3-11(10(15)6-9)18-13(19)8-17-14(20)12-7-16-4-5-21-12/h2-3,6,12,16H,4-5,7-8H2,1H3,(H,17,20)(H,18,19). The van der Waals surface area contributed by atoms with Crippen LogP contribution in [0.1, 0.15) is 5.56 Å². The number of carbonyl (C=O) groups excluding carboxylic acids is 2. The Morgan fingerprint density at radius 1 is 1.48 bits per heavy atom. The van der Waals surface area contributed by atoms with Crippen molar-refractivity contribution in [3.05, 3.63) is 28.8 Å². The summed E-state index contributed by atoms with van der Waals surface area (Å²) >= 11 is 6.03. The normalized spacial score (nSPS) is 18.1. The van der Waals surface area contributed by atoms with Crippen molar-refractivity contribution in [2.45, 2.75) is 13.0 Å². The van der Waals surface area contributed by atoms with Gasteiger partial charge in [0.05, 0.1) is 23.9 Å². The van der Waals surface area contributed by atoms with Gasteiger partial charge in [-0.15, -0.1) is 0 Å². The molecule has 2 rings (SSSR count). The minimum atomic E-state index is -0.547. The highest BCUT2D eigenvalue weighted by molar-refractivity contribution is 6.33. The summed E-state index contributed by atoms with van der Waals surface area (Å²) in [6.07, 6.45) is -0.547. The van der Waals surface area contributed by atoms with Gasteiger partial charge in [0.15, 0.2) is 0 Å². The van der Waals surface area contributed by atoms with E-state index in [9.17, 15) is 9.59 Å². The number of morpholine rings is 1. The molecule has 3 N–H and O–H groups in total. The monoisotopic (exact) mass is 311 g/mol. The van der Waals surface area contributed by atoms with Gasteiger partial charge < -0.3 is 20.7 Å². The van der Waals surface area contributed by atoms with Crippen LogP contribution in [-0.2, 0) is 14.3 Å². The van der Waals surface area contributed by atoms with Gasteiger partial charge in [-0.25, -0.2) is 0 Å². The molecule has 6 nitrogen and oxygen atoms in total. The van der Waals surface area contributed by atoms with Gasteiger partial charge in [0.1, 0.15) is 6.10 Å². The number of nitrogens with one attached hydrogen (secondary N) is 3. The summed E-state index contributed by atoms with van der Waals surface area (Å²) < 4.78 is 5.30. The number of aryl methyl sites for hydroxylation is 1. The Balaban J connectivity index is 1.80. The minimum absolute atomic E-state index is 0.122. The van der Waals surface area contributed by atoms with Gasteiger partial charge in [-0.3, -0.25) is 9.59 Å². The molecular weight excluding hydrogens is 294 g/mol.